The average Bonchev–Trinajstić information content (AvgIpc) is 2.40. The van der Waals surface area contributed by atoms with Gasteiger partial charge in [-0.1, -0.05) is 0 Å². The second kappa shape index (κ2) is 5.25. The number of aliphatic carboxylic acids is 1. The monoisotopic (exact) mass is 310 g/mol. The average molecular weight is 310 g/mol. The van der Waals surface area contributed by atoms with E-state index in [4.69, 9.17) is 0 Å². The second-order valence-corrected chi connectivity index (χ2v) is 4.80. The van der Waals surface area contributed by atoms with E-state index >= 15 is 0 Å². The van der Waals surface area contributed by atoms with Gasteiger partial charge in [0.05, 0.1) is 0 Å². The van der Waals surface area contributed by atoms with Crippen LogP contribution in [0.25, 0.3) is 0 Å². The van der Waals surface area contributed by atoms with Crippen LogP contribution in [0.4, 0.5) is 22.0 Å². The van der Waals surface area contributed by atoms with Gasteiger partial charge in [0, 0.05) is 12.2 Å². The number of hydrogen-bond acceptors (Lipinski definition) is 2. The van der Waals surface area contributed by atoms with Crippen molar-refractivity contribution >= 4 is 5.97 Å². The molecule has 2 rings (SSSR count). The van der Waals surface area contributed by atoms with Gasteiger partial charge in [-0.15, -0.1) is 0 Å². The van der Waals surface area contributed by atoms with Crippen molar-refractivity contribution in [3.63, 3.8) is 0 Å². The molecule has 8 heteroatoms. The van der Waals surface area contributed by atoms with Gasteiger partial charge in [0.1, 0.15) is 17.0 Å². The summed E-state index contributed by atoms with van der Waals surface area (Å²) in [4.78, 5) is 11.5. The van der Waals surface area contributed by atoms with Gasteiger partial charge >= 0.3 is 12.1 Å². The normalized spacial score (nSPS) is 26.6. The highest BCUT2D eigenvalue weighted by Gasteiger charge is 2.62. The van der Waals surface area contributed by atoms with E-state index in [1.807, 2.05) is 0 Å². The molecule has 0 radical (unpaired) electrons. The van der Waals surface area contributed by atoms with Gasteiger partial charge in [-0.25, -0.2) is 8.78 Å². The molecule has 1 aliphatic heterocycles. The number of alkyl halides is 3. The standard InChI is InChI=1S/C13H11F5O3/c14-7-2-3-9(15)8(6-7)12(11(19)20)4-1-5-21-10(12)13(16,17)18/h2-3,6,10H,1,4-5H2,(H,19,20). The lowest BCUT2D eigenvalue weighted by atomic mass is 9.70. The number of halogens is 5. The third-order valence-electron chi connectivity index (χ3n) is 3.54. The summed E-state index contributed by atoms with van der Waals surface area (Å²) in [5, 5.41) is 9.32. The Balaban J connectivity index is 2.68. The largest absolute Gasteiger partial charge is 0.480 e. The summed E-state index contributed by atoms with van der Waals surface area (Å²) in [6.45, 7) is -0.295. The van der Waals surface area contributed by atoms with E-state index in [0.29, 0.717) is 18.2 Å². The van der Waals surface area contributed by atoms with Gasteiger partial charge in [-0.3, -0.25) is 4.79 Å². The molecule has 3 nitrogen and oxygen atoms in total. The lowest BCUT2D eigenvalue weighted by molar-refractivity contribution is -0.255. The predicted octanol–water partition coefficient (Wildman–Crippen LogP) is 3.03. The van der Waals surface area contributed by atoms with Crippen LogP contribution in [-0.4, -0.2) is 30.0 Å². The molecule has 0 spiro atoms. The predicted molar refractivity (Wildman–Crippen MR) is 60.7 cm³/mol. The molecule has 116 valence electrons. The summed E-state index contributed by atoms with van der Waals surface area (Å²) in [6.07, 6.45) is -8.24. The number of rotatable bonds is 2. The van der Waals surface area contributed by atoms with Crippen molar-refractivity contribution in [2.24, 2.45) is 0 Å². The van der Waals surface area contributed by atoms with Crippen LogP contribution in [0, 0.1) is 11.6 Å². The van der Waals surface area contributed by atoms with Crippen molar-refractivity contribution in [1.82, 2.24) is 0 Å². The first-order valence-corrected chi connectivity index (χ1v) is 6.07. The molecule has 0 bridgehead atoms. The van der Waals surface area contributed by atoms with E-state index in [1.165, 1.54) is 0 Å². The Morgan fingerprint density at radius 2 is 2.00 bits per heavy atom. The van der Waals surface area contributed by atoms with E-state index in [-0.39, 0.29) is 13.0 Å². The van der Waals surface area contributed by atoms with Crippen LogP contribution in [-0.2, 0) is 14.9 Å². The molecule has 1 aromatic carbocycles. The van der Waals surface area contributed by atoms with Crippen LogP contribution in [0.3, 0.4) is 0 Å². The lowest BCUT2D eigenvalue weighted by Gasteiger charge is -2.41. The van der Waals surface area contributed by atoms with Crippen molar-refractivity contribution < 1.29 is 36.6 Å². The summed E-state index contributed by atoms with van der Waals surface area (Å²) in [6, 6.07) is 1.80. The second-order valence-electron chi connectivity index (χ2n) is 4.80. The maximum Gasteiger partial charge on any atom is 0.416 e. The maximum absolute atomic E-state index is 13.9. The van der Waals surface area contributed by atoms with Crippen LogP contribution in [0.1, 0.15) is 18.4 Å². The molecular weight excluding hydrogens is 299 g/mol. The van der Waals surface area contributed by atoms with Crippen molar-refractivity contribution in [2.75, 3.05) is 6.61 Å². The molecule has 1 aliphatic rings. The fraction of sp³-hybridized carbons (Fsp3) is 0.462. The van der Waals surface area contributed by atoms with Crippen LogP contribution < -0.4 is 0 Å². The summed E-state index contributed by atoms with van der Waals surface area (Å²) in [5.41, 5.74) is -3.54. The SMILES string of the molecule is O=C(O)C1(c2cc(F)ccc2F)CCCOC1C(F)(F)F. The Morgan fingerprint density at radius 3 is 2.57 bits per heavy atom. The molecule has 0 amide bonds. The van der Waals surface area contributed by atoms with Crippen LogP contribution in [0.2, 0.25) is 0 Å². The quantitative estimate of drug-likeness (QED) is 0.854. The van der Waals surface area contributed by atoms with Crippen molar-refractivity contribution in [2.45, 2.75) is 30.5 Å². The lowest BCUT2D eigenvalue weighted by Crippen LogP contribution is -2.57. The number of hydrogen-bond donors (Lipinski definition) is 1. The van der Waals surface area contributed by atoms with Crippen molar-refractivity contribution in [3.8, 4) is 0 Å². The summed E-state index contributed by atoms with van der Waals surface area (Å²) in [7, 11) is 0. The van der Waals surface area contributed by atoms with E-state index in [0.717, 1.165) is 0 Å². The minimum atomic E-state index is -5.02. The van der Waals surface area contributed by atoms with Gasteiger partial charge in [-0.2, -0.15) is 13.2 Å². The molecule has 1 fully saturated rings. The highest BCUT2D eigenvalue weighted by Crippen LogP contribution is 2.46. The maximum atomic E-state index is 13.9. The number of carboxylic acids is 1. The number of benzene rings is 1. The summed E-state index contributed by atoms with van der Waals surface area (Å²) >= 11 is 0. The van der Waals surface area contributed by atoms with Crippen molar-refractivity contribution in [1.29, 1.82) is 0 Å². The molecular formula is C13H11F5O3. The Kier molecular flexibility index (Phi) is 3.92. The fourth-order valence-corrected chi connectivity index (χ4v) is 2.65. The first-order valence-electron chi connectivity index (χ1n) is 6.07. The van der Waals surface area contributed by atoms with E-state index in [2.05, 4.69) is 4.74 Å². The number of carboxylic acid groups (broad SMARTS) is 1. The molecule has 21 heavy (non-hydrogen) atoms. The van der Waals surface area contributed by atoms with E-state index < -0.39 is 47.3 Å². The Morgan fingerprint density at radius 1 is 1.33 bits per heavy atom. The van der Waals surface area contributed by atoms with Gasteiger partial charge in [0.2, 0.25) is 0 Å². The molecule has 2 atom stereocenters. The first-order chi connectivity index (χ1) is 9.69. The molecule has 0 saturated carbocycles. The Labute approximate surface area is 116 Å². The number of ether oxygens (including phenoxy) is 1. The minimum absolute atomic E-state index is 0.00513. The van der Waals surface area contributed by atoms with Gasteiger partial charge in [0.25, 0.3) is 0 Å². The van der Waals surface area contributed by atoms with Crippen molar-refractivity contribution in [3.05, 3.63) is 35.4 Å². The van der Waals surface area contributed by atoms with Gasteiger partial charge in [0.15, 0.2) is 6.10 Å². The number of carbonyl (C=O) groups is 1. The Bertz CT molecular complexity index is 557. The van der Waals surface area contributed by atoms with Crippen LogP contribution in [0.5, 0.6) is 0 Å². The van der Waals surface area contributed by atoms with Gasteiger partial charge in [-0.05, 0) is 31.0 Å². The summed E-state index contributed by atoms with van der Waals surface area (Å²) < 4.78 is 71.0. The zero-order chi connectivity index (χ0) is 15.8. The Hall–Kier alpha value is -1.70. The van der Waals surface area contributed by atoms with E-state index in [1.54, 1.807) is 0 Å². The third kappa shape index (κ3) is 2.59. The molecule has 1 aromatic rings. The van der Waals surface area contributed by atoms with E-state index in [9.17, 15) is 31.9 Å². The summed E-state index contributed by atoms with van der Waals surface area (Å²) in [5.74, 6) is -4.12. The minimum Gasteiger partial charge on any atom is -0.480 e. The molecule has 1 saturated heterocycles. The highest BCUT2D eigenvalue weighted by molar-refractivity contribution is 5.83. The molecule has 0 aliphatic carbocycles. The first kappa shape index (κ1) is 15.7. The van der Waals surface area contributed by atoms with Gasteiger partial charge < -0.3 is 9.84 Å². The third-order valence-corrected chi connectivity index (χ3v) is 3.54. The zero-order valence-corrected chi connectivity index (χ0v) is 10.6. The fourth-order valence-electron chi connectivity index (χ4n) is 2.65. The van der Waals surface area contributed by atoms with Crippen LogP contribution in [0.15, 0.2) is 18.2 Å². The smallest absolute Gasteiger partial charge is 0.416 e. The highest BCUT2D eigenvalue weighted by atomic mass is 19.4. The molecule has 1 heterocycles. The molecule has 0 aromatic heterocycles. The van der Waals surface area contributed by atoms with Crippen LogP contribution >= 0.6 is 0 Å². The zero-order valence-electron chi connectivity index (χ0n) is 10.6. The molecule has 2 unspecified atom stereocenters. The topological polar surface area (TPSA) is 46.5 Å². The molecule has 1 N–H and O–H groups in total.